The van der Waals surface area contributed by atoms with Gasteiger partial charge in [-0.25, -0.2) is 9.59 Å². The third kappa shape index (κ3) is 29.5. The van der Waals surface area contributed by atoms with Gasteiger partial charge in [-0.15, -0.1) is 0 Å². The normalized spacial score (nSPS) is 16.3. The van der Waals surface area contributed by atoms with E-state index in [2.05, 4.69) is 35.7 Å². The lowest BCUT2D eigenvalue weighted by atomic mass is 9.81. The number of carboxylic acid groups (broad SMARTS) is 4. The predicted octanol–water partition coefficient (Wildman–Crippen LogP) is 5.83. The summed E-state index contributed by atoms with van der Waals surface area (Å²) in [5.74, 6) is -6.02. The second kappa shape index (κ2) is 35.6. The molecule has 4 amide bonds. The van der Waals surface area contributed by atoms with E-state index in [1.165, 1.54) is 64.2 Å². The van der Waals surface area contributed by atoms with Gasteiger partial charge in [0, 0.05) is 44.7 Å². The smallest absolute Gasteiger partial charge is 0.326 e. The van der Waals surface area contributed by atoms with E-state index in [-0.39, 0.29) is 56.4 Å². The van der Waals surface area contributed by atoms with Crippen LogP contribution >= 0.6 is 9.39 Å². The Bertz CT molecular complexity index is 1350. The summed E-state index contributed by atoms with van der Waals surface area (Å²) in [6.45, 7) is 0.825. The van der Waals surface area contributed by atoms with Gasteiger partial charge < -0.3 is 41.7 Å². The van der Waals surface area contributed by atoms with Crippen molar-refractivity contribution in [3.05, 3.63) is 0 Å². The maximum absolute atomic E-state index is 13.0. The highest BCUT2D eigenvalue weighted by Crippen LogP contribution is 2.29. The van der Waals surface area contributed by atoms with Gasteiger partial charge in [-0.1, -0.05) is 99.3 Å². The number of unbranched alkanes of at least 4 members (excludes halogenated alkanes) is 16. The Morgan fingerprint density at radius 3 is 1.35 bits per heavy atom. The molecule has 0 heterocycles. The SMILES string of the molecule is O=C(O)CCCCCCCCCCCCCCCCCCC(=O)NC[C@H]1CC[C@H](C(=O)N[C@@H](CCC(=O)N[C@@H](CCC(=O)NCCCC[C@H](NP)C(=O)O)C(=O)O)C(=O)O)CC1. The van der Waals surface area contributed by atoms with Gasteiger partial charge in [-0.05, 0) is 76.5 Å². The highest BCUT2D eigenvalue weighted by atomic mass is 31.0. The van der Waals surface area contributed by atoms with Crippen molar-refractivity contribution in [3.63, 3.8) is 0 Å². The van der Waals surface area contributed by atoms with Gasteiger partial charge in [-0.2, -0.15) is 0 Å². The Balaban J connectivity index is 2.16. The molecule has 0 aromatic carbocycles. The summed E-state index contributed by atoms with van der Waals surface area (Å²) < 4.78 is 0. The number of carboxylic acids is 4. The van der Waals surface area contributed by atoms with Crippen LogP contribution in [0.15, 0.2) is 0 Å². The fraction of sp³-hybridized carbons (Fsp3) is 0.818. The molecule has 62 heavy (non-hydrogen) atoms. The molecule has 4 atom stereocenters. The van der Waals surface area contributed by atoms with Crippen LogP contribution in [0.1, 0.15) is 186 Å². The van der Waals surface area contributed by atoms with Gasteiger partial charge >= 0.3 is 23.9 Å². The first-order valence-corrected chi connectivity index (χ1v) is 23.8. The molecule has 0 aliphatic heterocycles. The van der Waals surface area contributed by atoms with Crippen LogP contribution in [0.25, 0.3) is 0 Å². The molecule has 1 aliphatic carbocycles. The zero-order valence-corrected chi connectivity index (χ0v) is 38.1. The molecule has 17 nitrogen and oxygen atoms in total. The quantitative estimate of drug-likeness (QED) is 0.0260. The second-order valence-electron chi connectivity index (χ2n) is 16.9. The zero-order chi connectivity index (χ0) is 46.0. The first-order chi connectivity index (χ1) is 29.7. The maximum Gasteiger partial charge on any atom is 0.326 e. The fourth-order valence-corrected chi connectivity index (χ4v) is 8.01. The molecule has 0 bridgehead atoms. The Morgan fingerprint density at radius 1 is 0.452 bits per heavy atom. The molecule has 1 fully saturated rings. The lowest BCUT2D eigenvalue weighted by molar-refractivity contribution is -0.144. The van der Waals surface area contributed by atoms with Crippen molar-refractivity contribution in [1.29, 1.82) is 0 Å². The number of rotatable bonds is 39. The Hall–Kier alpha value is -3.85. The number of hydrogen-bond acceptors (Lipinski definition) is 9. The molecule has 356 valence electrons. The number of aliphatic carboxylic acids is 4. The predicted molar refractivity (Wildman–Crippen MR) is 238 cm³/mol. The van der Waals surface area contributed by atoms with Crippen molar-refractivity contribution in [2.75, 3.05) is 13.1 Å². The van der Waals surface area contributed by atoms with E-state index in [1.54, 1.807) is 0 Å². The van der Waals surface area contributed by atoms with E-state index in [9.17, 15) is 48.6 Å². The van der Waals surface area contributed by atoms with Crippen molar-refractivity contribution in [2.24, 2.45) is 11.8 Å². The van der Waals surface area contributed by atoms with Gasteiger partial charge in [0.15, 0.2) is 0 Å². The molecular weight excluding hydrogens is 821 g/mol. The lowest BCUT2D eigenvalue weighted by Gasteiger charge is -2.28. The molecular formula is C44H78N5O12P. The molecule has 1 saturated carbocycles. The van der Waals surface area contributed by atoms with Crippen molar-refractivity contribution in [2.45, 2.75) is 204 Å². The number of carbonyl (C=O) groups is 8. The molecule has 1 aliphatic rings. The monoisotopic (exact) mass is 900 g/mol. The average molecular weight is 900 g/mol. The van der Waals surface area contributed by atoms with Crippen LogP contribution in [0.5, 0.6) is 0 Å². The molecule has 9 N–H and O–H groups in total. The summed E-state index contributed by atoms with van der Waals surface area (Å²) in [7, 11) is 2.16. The number of hydrogen-bond donors (Lipinski definition) is 9. The van der Waals surface area contributed by atoms with Crippen LogP contribution in [0.4, 0.5) is 0 Å². The Labute approximate surface area is 370 Å². The van der Waals surface area contributed by atoms with E-state index in [4.69, 9.17) is 10.2 Å². The lowest BCUT2D eigenvalue weighted by Crippen LogP contribution is -2.46. The van der Waals surface area contributed by atoms with Gasteiger partial charge in [0.25, 0.3) is 0 Å². The number of carbonyl (C=O) groups excluding carboxylic acids is 4. The van der Waals surface area contributed by atoms with Crippen molar-refractivity contribution < 1.29 is 58.8 Å². The highest BCUT2D eigenvalue weighted by molar-refractivity contribution is 7.13. The number of nitrogens with one attached hydrogen (secondary N) is 5. The van der Waals surface area contributed by atoms with Crippen molar-refractivity contribution >= 4 is 56.9 Å². The van der Waals surface area contributed by atoms with Crippen LogP contribution in [0.2, 0.25) is 0 Å². The summed E-state index contributed by atoms with van der Waals surface area (Å²) in [4.78, 5) is 95.4. The Kier molecular flexibility index (Phi) is 32.2. The van der Waals surface area contributed by atoms with Crippen LogP contribution in [0, 0.1) is 11.8 Å². The van der Waals surface area contributed by atoms with Gasteiger partial charge in [0.2, 0.25) is 23.6 Å². The van der Waals surface area contributed by atoms with Crippen LogP contribution < -0.4 is 26.4 Å². The largest absolute Gasteiger partial charge is 0.481 e. The molecule has 1 rings (SSSR count). The summed E-state index contributed by atoms with van der Waals surface area (Å²) in [6, 6.07) is -3.43. The van der Waals surface area contributed by atoms with E-state index < -0.39 is 59.7 Å². The van der Waals surface area contributed by atoms with E-state index >= 15 is 0 Å². The standard InChI is InChI=1S/C44H78N5O12P/c50-37(20-15-13-11-9-7-5-3-1-2-4-6-8-10-12-14-16-21-40(53)54)46-31-32-22-24-33(25-23-32)41(55)48-35(43(58)59)27-29-39(52)47-34(42(56)57)26-28-38(51)45-30-18-17-19-36(49-62)44(60)61/h32-36,49H,1-31,62H2,(H,45,51)(H,46,50)(H,47,52)(H,48,55)(H,53,54)(H,56,57)(H,58,59)(H,60,61)/t32-,33-,34-,35-,36-/m0/s1. The zero-order valence-electron chi connectivity index (χ0n) is 36.9. The van der Waals surface area contributed by atoms with E-state index in [0.29, 0.717) is 57.9 Å². The van der Waals surface area contributed by atoms with E-state index in [1.807, 2.05) is 0 Å². The molecule has 0 radical (unpaired) electrons. The van der Waals surface area contributed by atoms with Crippen molar-refractivity contribution in [1.82, 2.24) is 26.4 Å². The third-order valence-corrected chi connectivity index (χ3v) is 12.1. The summed E-state index contributed by atoms with van der Waals surface area (Å²) in [5.41, 5.74) is 0. The first-order valence-electron chi connectivity index (χ1n) is 23.2. The minimum atomic E-state index is -1.37. The maximum atomic E-state index is 13.0. The fourth-order valence-electron chi connectivity index (χ4n) is 7.70. The van der Waals surface area contributed by atoms with Gasteiger partial charge in [0.05, 0.1) is 0 Å². The minimum Gasteiger partial charge on any atom is -0.481 e. The Morgan fingerprint density at radius 2 is 0.887 bits per heavy atom. The molecule has 18 heteroatoms. The summed E-state index contributed by atoms with van der Waals surface area (Å²) in [5, 5.41) is 50.1. The third-order valence-electron chi connectivity index (χ3n) is 11.7. The van der Waals surface area contributed by atoms with Gasteiger partial charge in [0.1, 0.15) is 18.1 Å². The molecule has 0 saturated heterocycles. The number of amides is 4. The second-order valence-corrected chi connectivity index (χ2v) is 17.2. The topological polar surface area (TPSA) is 278 Å². The van der Waals surface area contributed by atoms with E-state index in [0.717, 1.165) is 38.5 Å². The summed E-state index contributed by atoms with van der Waals surface area (Å²) >= 11 is 0. The van der Waals surface area contributed by atoms with Gasteiger partial charge in [-0.3, -0.25) is 33.9 Å². The average Bonchev–Trinajstić information content (AvgIpc) is 3.23. The first kappa shape index (κ1) is 56.2. The van der Waals surface area contributed by atoms with Crippen LogP contribution in [-0.4, -0.2) is 99.1 Å². The molecule has 0 aromatic rings. The van der Waals surface area contributed by atoms with Crippen LogP contribution in [0.3, 0.4) is 0 Å². The minimum absolute atomic E-state index is 0.0395. The molecule has 0 spiro atoms. The van der Waals surface area contributed by atoms with Crippen molar-refractivity contribution in [3.8, 4) is 0 Å². The van der Waals surface area contributed by atoms with Crippen LogP contribution in [-0.2, 0) is 38.4 Å². The summed E-state index contributed by atoms with van der Waals surface area (Å²) in [6.07, 6.45) is 22.3. The highest BCUT2D eigenvalue weighted by Gasteiger charge is 2.30. The molecule has 0 aromatic heterocycles. The molecule has 1 unspecified atom stereocenters.